The van der Waals surface area contributed by atoms with E-state index in [0.29, 0.717) is 19.1 Å². The molecule has 0 spiro atoms. The van der Waals surface area contributed by atoms with Gasteiger partial charge in [0.2, 0.25) is 0 Å². The third kappa shape index (κ3) is 6.07. The number of likely N-dealkylation sites (tertiary alicyclic amines) is 1. The van der Waals surface area contributed by atoms with Crippen molar-refractivity contribution >= 4 is 26.5 Å². The normalized spacial score (nSPS) is 20.2. The van der Waals surface area contributed by atoms with E-state index in [1.807, 2.05) is 0 Å². The van der Waals surface area contributed by atoms with E-state index in [4.69, 9.17) is 0 Å². The third-order valence-corrected chi connectivity index (χ3v) is 20.1. The topological polar surface area (TPSA) is 57.6 Å². The molecule has 4 nitrogen and oxygen atoms in total. The monoisotopic (exact) mass is 379 g/mol. The summed E-state index contributed by atoms with van der Waals surface area (Å²) >= 11 is -1.89. The van der Waals surface area contributed by atoms with Crippen LogP contribution in [0.25, 0.3) is 0 Å². The van der Waals surface area contributed by atoms with E-state index in [1.165, 1.54) is 15.8 Å². The van der Waals surface area contributed by atoms with E-state index in [-0.39, 0.29) is 12.2 Å². The van der Waals surface area contributed by atoms with Gasteiger partial charge in [0, 0.05) is 0 Å². The fourth-order valence-corrected chi connectivity index (χ4v) is 15.6. The van der Waals surface area contributed by atoms with E-state index in [9.17, 15) is 14.3 Å². The molecule has 6 heteroatoms. The maximum atomic E-state index is 12.5. The molecular weight excluding hydrogens is 346 g/mol. The van der Waals surface area contributed by atoms with Crippen LogP contribution in [0.5, 0.6) is 0 Å². The van der Waals surface area contributed by atoms with Crippen molar-refractivity contribution in [1.29, 1.82) is 0 Å². The van der Waals surface area contributed by atoms with Crippen LogP contribution in [0.15, 0.2) is 0 Å². The number of nitrogens with zero attached hydrogens (tertiary/aromatic N) is 1. The van der Waals surface area contributed by atoms with Crippen molar-refractivity contribution in [2.24, 2.45) is 0 Å². The number of carbonyl (C=O) groups excluding carboxylic acids is 1. The summed E-state index contributed by atoms with van der Waals surface area (Å²) in [4.78, 5) is 23.9. The van der Waals surface area contributed by atoms with E-state index in [0.717, 1.165) is 24.5 Å². The van der Waals surface area contributed by atoms with E-state index in [1.54, 1.807) is 4.90 Å². The molecule has 1 atom stereocenters. The molecule has 21 heavy (non-hydrogen) atoms. The molecule has 0 aliphatic carbocycles. The minimum absolute atomic E-state index is 0.0658. The molecule has 1 saturated heterocycles. The molecule has 0 aromatic carbocycles. The first-order chi connectivity index (χ1) is 9.88. The van der Waals surface area contributed by atoms with Crippen molar-refractivity contribution < 1.29 is 14.3 Å². The average molecular weight is 378 g/mol. The van der Waals surface area contributed by atoms with Crippen molar-refractivity contribution in [2.75, 3.05) is 19.0 Å². The molecular formula is C15H32GeNO3P. The van der Waals surface area contributed by atoms with Crippen molar-refractivity contribution in [2.45, 2.75) is 67.5 Å². The minimum atomic E-state index is -3.20. The summed E-state index contributed by atoms with van der Waals surface area (Å²) in [7, 11) is -3.20. The molecule has 1 fully saturated rings. The summed E-state index contributed by atoms with van der Waals surface area (Å²) in [6.07, 6.45) is 3.99. The van der Waals surface area contributed by atoms with Gasteiger partial charge in [0.05, 0.1) is 0 Å². The molecule has 0 saturated carbocycles. The molecule has 1 heterocycles. The van der Waals surface area contributed by atoms with Crippen LogP contribution in [0.1, 0.15) is 46.5 Å². The Bertz CT molecular complexity index is 377. The summed E-state index contributed by atoms with van der Waals surface area (Å²) in [5.41, 5.74) is 0. The Balaban J connectivity index is 2.60. The Hall–Kier alpha value is 0.203. The second-order valence-corrected chi connectivity index (χ2v) is 20.7. The van der Waals surface area contributed by atoms with Gasteiger partial charge in [0.1, 0.15) is 0 Å². The number of amides is 1. The second kappa shape index (κ2) is 8.74. The molecule has 1 rings (SSSR count). The SMILES string of the molecule is C[CH2][Ge]([CH2]C)([CH2]C)[CH2]CP(=O)(O)CN1CCCCCC1=O. The standard InChI is InChI=1S/C15H32GeNO3P/c1-4-16(5-2,6-3)11-13-21(19,20)14-17-12-9-7-8-10-15(17)18/h4-14H2,1-3H3,(H,19,20). The fourth-order valence-electron chi connectivity index (χ4n) is 3.22. The molecule has 0 aromatic rings. The van der Waals surface area contributed by atoms with Gasteiger partial charge < -0.3 is 0 Å². The third-order valence-electron chi connectivity index (χ3n) is 5.30. The number of carbonyl (C=O) groups is 1. The number of hydrogen-bond acceptors (Lipinski definition) is 2. The summed E-state index contributed by atoms with van der Waals surface area (Å²) in [6.45, 7) is 7.39. The van der Waals surface area contributed by atoms with Gasteiger partial charge in [0.25, 0.3) is 0 Å². The maximum absolute atomic E-state index is 12.5. The molecule has 1 unspecified atom stereocenters. The molecule has 124 valence electrons. The molecule has 1 aliphatic rings. The van der Waals surface area contributed by atoms with Crippen molar-refractivity contribution in [3.63, 3.8) is 0 Å². The molecule has 1 aliphatic heterocycles. The molecule has 1 amide bonds. The molecule has 0 bridgehead atoms. The first-order valence-electron chi connectivity index (χ1n) is 8.46. The van der Waals surface area contributed by atoms with Gasteiger partial charge >= 0.3 is 132 Å². The van der Waals surface area contributed by atoms with Gasteiger partial charge in [-0.05, 0) is 0 Å². The van der Waals surface area contributed by atoms with Crippen LogP contribution < -0.4 is 0 Å². The predicted octanol–water partition coefficient (Wildman–Crippen LogP) is 4.13. The molecule has 1 N–H and O–H groups in total. The Kier molecular flexibility index (Phi) is 8.01. The van der Waals surface area contributed by atoms with Crippen LogP contribution in [0.3, 0.4) is 0 Å². The first kappa shape index (κ1) is 19.3. The van der Waals surface area contributed by atoms with Crippen LogP contribution >= 0.6 is 7.37 Å². The van der Waals surface area contributed by atoms with Crippen LogP contribution in [-0.2, 0) is 9.36 Å². The van der Waals surface area contributed by atoms with Gasteiger partial charge in [-0.1, -0.05) is 0 Å². The van der Waals surface area contributed by atoms with Gasteiger partial charge in [-0.25, -0.2) is 0 Å². The quantitative estimate of drug-likeness (QED) is 0.511. The van der Waals surface area contributed by atoms with Crippen molar-refractivity contribution in [1.82, 2.24) is 4.90 Å². The molecule has 0 radical (unpaired) electrons. The Morgan fingerprint density at radius 3 is 2.33 bits per heavy atom. The van der Waals surface area contributed by atoms with E-state index < -0.39 is 20.6 Å². The predicted molar refractivity (Wildman–Crippen MR) is 91.7 cm³/mol. The fraction of sp³-hybridized carbons (Fsp3) is 0.933. The van der Waals surface area contributed by atoms with Crippen LogP contribution in [0.2, 0.25) is 21.0 Å². The second-order valence-electron chi connectivity index (χ2n) is 6.49. The van der Waals surface area contributed by atoms with Crippen molar-refractivity contribution in [3.05, 3.63) is 0 Å². The van der Waals surface area contributed by atoms with Gasteiger partial charge in [0.15, 0.2) is 0 Å². The summed E-state index contributed by atoms with van der Waals surface area (Å²) in [5.74, 6) is 0.0658. The zero-order chi connectivity index (χ0) is 15.9. The summed E-state index contributed by atoms with van der Waals surface area (Å²) in [5, 5.41) is 4.67. The van der Waals surface area contributed by atoms with Crippen molar-refractivity contribution in [3.8, 4) is 0 Å². The Labute approximate surface area is 132 Å². The number of rotatable bonds is 8. The average Bonchev–Trinajstić information content (AvgIpc) is 2.66. The van der Waals surface area contributed by atoms with Crippen LogP contribution in [0, 0.1) is 0 Å². The van der Waals surface area contributed by atoms with Gasteiger partial charge in [-0.3, -0.25) is 0 Å². The Morgan fingerprint density at radius 2 is 1.76 bits per heavy atom. The Morgan fingerprint density at radius 1 is 1.14 bits per heavy atom. The first-order valence-corrected chi connectivity index (χ1v) is 16.4. The summed E-state index contributed by atoms with van der Waals surface area (Å²) < 4.78 is 12.5. The zero-order valence-electron chi connectivity index (χ0n) is 13.9. The summed E-state index contributed by atoms with van der Waals surface area (Å²) in [6, 6.07) is 0. The van der Waals surface area contributed by atoms with Crippen LogP contribution in [0.4, 0.5) is 0 Å². The van der Waals surface area contributed by atoms with E-state index >= 15 is 0 Å². The molecule has 0 aromatic heterocycles. The van der Waals surface area contributed by atoms with Crippen LogP contribution in [-0.4, -0.2) is 48.0 Å². The zero-order valence-corrected chi connectivity index (χ0v) is 16.9. The van der Waals surface area contributed by atoms with Gasteiger partial charge in [-0.15, -0.1) is 0 Å². The van der Waals surface area contributed by atoms with E-state index in [2.05, 4.69) is 20.8 Å². The number of hydrogen-bond donors (Lipinski definition) is 1. The van der Waals surface area contributed by atoms with Gasteiger partial charge in [-0.2, -0.15) is 0 Å².